The van der Waals surface area contributed by atoms with E-state index in [2.05, 4.69) is 15.5 Å². The number of thioether (sulfide) groups is 1. The fraction of sp³-hybridized carbons (Fsp3) is 0.636. The van der Waals surface area contributed by atoms with Gasteiger partial charge in [0.25, 0.3) is 0 Å². The van der Waals surface area contributed by atoms with Crippen LogP contribution in [0.5, 0.6) is 0 Å². The van der Waals surface area contributed by atoms with Crippen LogP contribution in [0.2, 0.25) is 0 Å². The van der Waals surface area contributed by atoms with E-state index in [9.17, 15) is 9.59 Å². The van der Waals surface area contributed by atoms with Gasteiger partial charge in [0.05, 0.1) is 5.75 Å². The highest BCUT2D eigenvalue weighted by atomic mass is 32.2. The van der Waals surface area contributed by atoms with Gasteiger partial charge < -0.3 is 10.4 Å². The summed E-state index contributed by atoms with van der Waals surface area (Å²) in [6.45, 7) is 1.76. The monoisotopic (exact) mass is 284 g/mol. The van der Waals surface area contributed by atoms with Crippen molar-refractivity contribution in [3.63, 3.8) is 0 Å². The molecule has 0 aromatic carbocycles. The molecule has 2 N–H and O–H groups in total. The molecule has 1 aromatic rings. The Morgan fingerprint density at radius 3 is 2.74 bits per heavy atom. The van der Waals surface area contributed by atoms with E-state index < -0.39 is 12.0 Å². The molecule has 1 unspecified atom stereocenters. The van der Waals surface area contributed by atoms with E-state index in [1.54, 1.807) is 18.5 Å². The number of likely N-dealkylation sites (N-methyl/N-ethyl adjacent to an activating group) is 1. The number of carboxylic acids is 1. The predicted molar refractivity (Wildman–Crippen MR) is 69.1 cm³/mol. The van der Waals surface area contributed by atoms with Gasteiger partial charge in [0.1, 0.15) is 11.9 Å². The lowest BCUT2D eigenvalue weighted by atomic mass is 10.3. The molecule has 1 fully saturated rings. The van der Waals surface area contributed by atoms with E-state index in [1.807, 2.05) is 0 Å². The Kier molecular flexibility index (Phi) is 4.08. The summed E-state index contributed by atoms with van der Waals surface area (Å²) in [7, 11) is 1.57. The second-order valence-corrected chi connectivity index (χ2v) is 5.40. The maximum absolute atomic E-state index is 11.8. The van der Waals surface area contributed by atoms with Crippen LogP contribution in [-0.2, 0) is 9.59 Å². The van der Waals surface area contributed by atoms with Crippen molar-refractivity contribution in [2.45, 2.75) is 36.9 Å². The Bertz CT molecular complexity index is 498. The lowest BCUT2D eigenvalue weighted by Gasteiger charge is -2.16. The highest BCUT2D eigenvalue weighted by Crippen LogP contribution is 2.41. The lowest BCUT2D eigenvalue weighted by Crippen LogP contribution is -2.29. The minimum atomic E-state index is -0.917. The first-order valence-corrected chi connectivity index (χ1v) is 7.04. The number of hydrogen-bond donors (Lipinski definition) is 2. The zero-order valence-corrected chi connectivity index (χ0v) is 11.6. The van der Waals surface area contributed by atoms with Crippen LogP contribution in [0.15, 0.2) is 5.16 Å². The SMILES string of the molecule is CNC(=O)C(C)n1c(SCC(=O)O)nnc1C1CC1. The maximum Gasteiger partial charge on any atom is 0.313 e. The van der Waals surface area contributed by atoms with Crippen molar-refractivity contribution >= 4 is 23.6 Å². The van der Waals surface area contributed by atoms with E-state index in [1.165, 1.54) is 0 Å². The standard InChI is InChI=1S/C11H16N4O3S/c1-6(10(18)12-2)15-9(7-3-4-7)13-14-11(15)19-5-8(16)17/h6-7H,3-5H2,1-2H3,(H,12,18)(H,16,17). The fourth-order valence-electron chi connectivity index (χ4n) is 1.82. The van der Waals surface area contributed by atoms with Gasteiger partial charge in [0.15, 0.2) is 5.16 Å². The minimum Gasteiger partial charge on any atom is -0.481 e. The normalized spacial score (nSPS) is 16.1. The third kappa shape index (κ3) is 3.06. The van der Waals surface area contributed by atoms with E-state index in [0.717, 1.165) is 30.4 Å². The van der Waals surface area contributed by atoms with Gasteiger partial charge in [-0.2, -0.15) is 0 Å². The molecule has 104 valence electrons. The van der Waals surface area contributed by atoms with Gasteiger partial charge >= 0.3 is 5.97 Å². The molecule has 8 heteroatoms. The summed E-state index contributed by atoms with van der Waals surface area (Å²) >= 11 is 1.09. The Labute approximate surface area is 114 Å². The van der Waals surface area contributed by atoms with Gasteiger partial charge in [-0.25, -0.2) is 0 Å². The van der Waals surface area contributed by atoms with Crippen LogP contribution < -0.4 is 5.32 Å². The molecule has 0 aliphatic heterocycles. The topological polar surface area (TPSA) is 97.1 Å². The van der Waals surface area contributed by atoms with Crippen molar-refractivity contribution in [3.8, 4) is 0 Å². The Morgan fingerprint density at radius 1 is 1.53 bits per heavy atom. The summed E-state index contributed by atoms with van der Waals surface area (Å²) in [6.07, 6.45) is 2.09. The van der Waals surface area contributed by atoms with Crippen molar-refractivity contribution < 1.29 is 14.7 Å². The van der Waals surface area contributed by atoms with Crippen LogP contribution in [0.4, 0.5) is 0 Å². The van der Waals surface area contributed by atoms with Gasteiger partial charge in [-0.15, -0.1) is 10.2 Å². The average molecular weight is 284 g/mol. The van der Waals surface area contributed by atoms with Gasteiger partial charge in [-0.3, -0.25) is 14.2 Å². The third-order valence-electron chi connectivity index (χ3n) is 2.97. The molecular formula is C11H16N4O3S. The second-order valence-electron chi connectivity index (χ2n) is 4.46. The number of carbonyl (C=O) groups excluding carboxylic acids is 1. The van der Waals surface area contributed by atoms with Crippen LogP contribution in [0.25, 0.3) is 0 Å². The van der Waals surface area contributed by atoms with Crippen LogP contribution in [0.1, 0.15) is 37.5 Å². The number of nitrogens with one attached hydrogen (secondary N) is 1. The molecule has 0 saturated heterocycles. The number of hydrogen-bond acceptors (Lipinski definition) is 5. The molecule has 2 rings (SSSR count). The van der Waals surface area contributed by atoms with Crippen molar-refractivity contribution in [2.75, 3.05) is 12.8 Å². The van der Waals surface area contributed by atoms with Crippen LogP contribution in [0, 0.1) is 0 Å². The predicted octanol–water partition coefficient (Wildman–Crippen LogP) is 0.639. The summed E-state index contributed by atoms with van der Waals surface area (Å²) in [4.78, 5) is 22.4. The first-order valence-electron chi connectivity index (χ1n) is 6.05. The van der Waals surface area contributed by atoms with E-state index >= 15 is 0 Å². The Balaban J connectivity index is 2.27. The second kappa shape index (κ2) is 5.60. The largest absolute Gasteiger partial charge is 0.481 e. The lowest BCUT2D eigenvalue weighted by molar-refractivity contribution is -0.133. The molecule has 1 amide bonds. The fourth-order valence-corrected chi connectivity index (χ4v) is 2.57. The highest BCUT2D eigenvalue weighted by molar-refractivity contribution is 7.99. The van der Waals surface area contributed by atoms with Crippen LogP contribution in [0.3, 0.4) is 0 Å². The first-order chi connectivity index (χ1) is 9.04. The number of amides is 1. The summed E-state index contributed by atoms with van der Waals surface area (Å²) in [6, 6.07) is -0.438. The molecule has 0 bridgehead atoms. The summed E-state index contributed by atoms with van der Waals surface area (Å²) in [5, 5.41) is 19.9. The molecule has 0 spiro atoms. The number of aromatic nitrogens is 3. The zero-order valence-electron chi connectivity index (χ0n) is 10.8. The van der Waals surface area contributed by atoms with Crippen LogP contribution >= 0.6 is 11.8 Å². The number of carbonyl (C=O) groups is 2. The first kappa shape index (κ1) is 13.9. The molecule has 1 heterocycles. The molecule has 7 nitrogen and oxygen atoms in total. The summed E-state index contributed by atoms with van der Waals surface area (Å²) < 4.78 is 1.75. The zero-order chi connectivity index (χ0) is 14.0. The van der Waals surface area contributed by atoms with E-state index in [4.69, 9.17) is 5.11 Å². The quantitative estimate of drug-likeness (QED) is 0.744. The number of nitrogens with zero attached hydrogens (tertiary/aromatic N) is 3. The number of aliphatic carboxylic acids is 1. The summed E-state index contributed by atoms with van der Waals surface area (Å²) in [5.41, 5.74) is 0. The highest BCUT2D eigenvalue weighted by Gasteiger charge is 2.33. The minimum absolute atomic E-state index is 0.0940. The molecule has 19 heavy (non-hydrogen) atoms. The van der Waals surface area contributed by atoms with Crippen molar-refractivity contribution in [1.29, 1.82) is 0 Å². The Morgan fingerprint density at radius 2 is 2.21 bits per heavy atom. The van der Waals surface area contributed by atoms with Crippen molar-refractivity contribution in [3.05, 3.63) is 5.82 Å². The number of carboxylic acid groups (broad SMARTS) is 1. The van der Waals surface area contributed by atoms with Crippen LogP contribution in [-0.4, -0.2) is 44.5 Å². The molecule has 1 saturated carbocycles. The Hall–Kier alpha value is -1.57. The van der Waals surface area contributed by atoms with Gasteiger partial charge in [-0.05, 0) is 19.8 Å². The number of rotatable bonds is 6. The van der Waals surface area contributed by atoms with E-state index in [0.29, 0.717) is 11.1 Å². The molecule has 1 aromatic heterocycles. The van der Waals surface area contributed by atoms with Gasteiger partial charge in [0, 0.05) is 13.0 Å². The molecule has 1 atom stereocenters. The maximum atomic E-state index is 11.8. The van der Waals surface area contributed by atoms with Crippen molar-refractivity contribution in [1.82, 2.24) is 20.1 Å². The molecule has 1 aliphatic carbocycles. The molecule has 1 aliphatic rings. The molecule has 0 radical (unpaired) electrons. The third-order valence-corrected chi connectivity index (χ3v) is 3.90. The molecular weight excluding hydrogens is 268 g/mol. The van der Waals surface area contributed by atoms with Gasteiger partial charge in [-0.1, -0.05) is 11.8 Å². The smallest absolute Gasteiger partial charge is 0.313 e. The summed E-state index contributed by atoms with van der Waals surface area (Å²) in [5.74, 6) is -0.0229. The van der Waals surface area contributed by atoms with Crippen molar-refractivity contribution in [2.24, 2.45) is 0 Å². The average Bonchev–Trinajstić information content (AvgIpc) is 3.14. The van der Waals surface area contributed by atoms with E-state index in [-0.39, 0.29) is 11.7 Å². The van der Waals surface area contributed by atoms with Gasteiger partial charge in [0.2, 0.25) is 5.91 Å².